The lowest BCUT2D eigenvalue weighted by atomic mass is 9.91. The van der Waals surface area contributed by atoms with Crippen molar-refractivity contribution in [2.45, 2.75) is 40.5 Å². The Balaban J connectivity index is 2.20. The summed E-state index contributed by atoms with van der Waals surface area (Å²) in [5.41, 5.74) is 3.68. The summed E-state index contributed by atoms with van der Waals surface area (Å²) in [6.45, 7) is 9.89. The molecule has 1 N–H and O–H groups in total. The molecule has 2 aromatic rings. The molecule has 2 rings (SSSR count). The van der Waals surface area contributed by atoms with Crippen molar-refractivity contribution in [3.63, 3.8) is 0 Å². The number of nitrogens with one attached hydrogen (secondary N) is 1. The highest BCUT2D eigenvalue weighted by Gasteiger charge is 2.10. The summed E-state index contributed by atoms with van der Waals surface area (Å²) in [6.07, 6.45) is 4.22. The molecule has 0 saturated carbocycles. The fraction of sp³-hybridized carbons (Fsp3) is 0.500. The van der Waals surface area contributed by atoms with Crippen LogP contribution in [0.15, 0.2) is 24.4 Å². The molecule has 1 heterocycles. The summed E-state index contributed by atoms with van der Waals surface area (Å²) in [6, 6.07) is 6.12. The first-order valence-electron chi connectivity index (χ1n) is 7.58. The Morgan fingerprint density at radius 1 is 1.24 bits per heavy atom. The van der Waals surface area contributed by atoms with Crippen LogP contribution in [0, 0.1) is 12.3 Å². The maximum absolute atomic E-state index is 5.41. The lowest BCUT2D eigenvalue weighted by Gasteiger charge is -2.18. The van der Waals surface area contributed by atoms with Crippen LogP contribution in [0.1, 0.15) is 39.2 Å². The quantitative estimate of drug-likeness (QED) is 0.802. The monoisotopic (exact) mass is 286 g/mol. The summed E-state index contributed by atoms with van der Waals surface area (Å²) < 4.78 is 5.41. The Kier molecular flexibility index (Phi) is 4.71. The molecule has 0 spiro atoms. The molecule has 0 unspecified atom stereocenters. The Labute approximate surface area is 127 Å². The molecule has 0 bridgehead atoms. The topological polar surface area (TPSA) is 34.1 Å². The second-order valence-corrected chi connectivity index (χ2v) is 6.79. The van der Waals surface area contributed by atoms with E-state index in [0.717, 1.165) is 35.3 Å². The first kappa shape index (κ1) is 15.6. The van der Waals surface area contributed by atoms with Gasteiger partial charge in [-0.3, -0.25) is 4.98 Å². The van der Waals surface area contributed by atoms with Gasteiger partial charge in [-0.1, -0.05) is 20.8 Å². The molecule has 0 saturated heterocycles. The minimum absolute atomic E-state index is 0.382. The molecular formula is C18H26N2O. The molecule has 0 atom stereocenters. The summed E-state index contributed by atoms with van der Waals surface area (Å²) in [7, 11) is 1.70. The number of hydrogen-bond acceptors (Lipinski definition) is 3. The number of aromatic nitrogens is 1. The third-order valence-corrected chi connectivity index (χ3v) is 3.69. The summed E-state index contributed by atoms with van der Waals surface area (Å²) >= 11 is 0. The van der Waals surface area contributed by atoms with E-state index in [1.807, 2.05) is 18.3 Å². The maximum atomic E-state index is 5.41. The van der Waals surface area contributed by atoms with Gasteiger partial charge in [0.05, 0.1) is 18.3 Å². The van der Waals surface area contributed by atoms with E-state index in [2.05, 4.69) is 44.1 Å². The normalized spacial score (nSPS) is 11.7. The number of pyridine rings is 1. The largest absolute Gasteiger partial charge is 0.497 e. The van der Waals surface area contributed by atoms with E-state index in [0.29, 0.717) is 5.41 Å². The molecule has 3 heteroatoms. The van der Waals surface area contributed by atoms with E-state index in [-0.39, 0.29) is 0 Å². The minimum Gasteiger partial charge on any atom is -0.497 e. The fourth-order valence-electron chi connectivity index (χ4n) is 2.46. The van der Waals surface area contributed by atoms with Crippen LogP contribution in [-0.2, 0) is 0 Å². The second kappa shape index (κ2) is 6.33. The molecule has 0 aliphatic rings. The van der Waals surface area contributed by atoms with Crippen molar-refractivity contribution in [3.05, 3.63) is 30.0 Å². The standard InChI is InChI=1S/C18H26N2O/c1-13-7-10-20-17-15(13)11-14(21-5)12-16(17)19-9-6-8-18(2,3)4/h7,10-12,19H,6,8-9H2,1-5H3. The van der Waals surface area contributed by atoms with Crippen molar-refractivity contribution < 1.29 is 4.74 Å². The first-order valence-corrected chi connectivity index (χ1v) is 7.58. The van der Waals surface area contributed by atoms with Crippen molar-refractivity contribution in [2.75, 3.05) is 19.0 Å². The van der Waals surface area contributed by atoms with Crippen LogP contribution >= 0.6 is 0 Å². The Bertz CT molecular complexity index is 614. The average Bonchev–Trinajstić information content (AvgIpc) is 2.43. The minimum atomic E-state index is 0.382. The zero-order valence-electron chi connectivity index (χ0n) is 13.8. The van der Waals surface area contributed by atoms with Crippen LogP contribution < -0.4 is 10.1 Å². The molecule has 0 radical (unpaired) electrons. The van der Waals surface area contributed by atoms with Gasteiger partial charge in [0.1, 0.15) is 5.75 Å². The van der Waals surface area contributed by atoms with Gasteiger partial charge in [0.2, 0.25) is 0 Å². The Hall–Kier alpha value is -1.77. The van der Waals surface area contributed by atoms with Crippen molar-refractivity contribution >= 4 is 16.6 Å². The zero-order valence-corrected chi connectivity index (χ0v) is 13.8. The summed E-state index contributed by atoms with van der Waals surface area (Å²) in [5.74, 6) is 0.872. The molecule has 0 fully saturated rings. The third kappa shape index (κ3) is 4.10. The van der Waals surface area contributed by atoms with E-state index >= 15 is 0 Å². The molecule has 0 amide bonds. The Morgan fingerprint density at radius 2 is 2.00 bits per heavy atom. The highest BCUT2D eigenvalue weighted by molar-refractivity contribution is 5.93. The predicted molar refractivity (Wildman–Crippen MR) is 90.2 cm³/mol. The van der Waals surface area contributed by atoms with Gasteiger partial charge in [0, 0.05) is 24.2 Å². The van der Waals surface area contributed by atoms with E-state index in [1.54, 1.807) is 7.11 Å². The summed E-state index contributed by atoms with van der Waals surface area (Å²) in [4.78, 5) is 4.53. The van der Waals surface area contributed by atoms with Crippen molar-refractivity contribution in [2.24, 2.45) is 5.41 Å². The smallest absolute Gasteiger partial charge is 0.121 e. The average molecular weight is 286 g/mol. The van der Waals surface area contributed by atoms with E-state index in [1.165, 1.54) is 12.0 Å². The number of ether oxygens (including phenoxy) is 1. The SMILES string of the molecule is COc1cc(NCCCC(C)(C)C)c2nccc(C)c2c1. The van der Waals surface area contributed by atoms with Crippen LogP contribution in [0.25, 0.3) is 10.9 Å². The third-order valence-electron chi connectivity index (χ3n) is 3.69. The van der Waals surface area contributed by atoms with Crippen LogP contribution in [0.4, 0.5) is 5.69 Å². The van der Waals surface area contributed by atoms with E-state index < -0.39 is 0 Å². The van der Waals surface area contributed by atoms with Gasteiger partial charge in [-0.05, 0) is 42.9 Å². The van der Waals surface area contributed by atoms with Gasteiger partial charge in [-0.25, -0.2) is 0 Å². The number of rotatable bonds is 5. The molecule has 1 aromatic heterocycles. The van der Waals surface area contributed by atoms with Gasteiger partial charge in [-0.15, -0.1) is 0 Å². The highest BCUT2D eigenvalue weighted by Crippen LogP contribution is 2.30. The van der Waals surface area contributed by atoms with E-state index in [4.69, 9.17) is 4.74 Å². The maximum Gasteiger partial charge on any atom is 0.121 e. The molecular weight excluding hydrogens is 260 g/mol. The van der Waals surface area contributed by atoms with Crippen molar-refractivity contribution in [1.29, 1.82) is 0 Å². The summed E-state index contributed by atoms with van der Waals surface area (Å²) in [5, 5.41) is 4.67. The number of aryl methyl sites for hydroxylation is 1. The number of fused-ring (bicyclic) bond motifs is 1. The van der Waals surface area contributed by atoms with Gasteiger partial charge in [-0.2, -0.15) is 0 Å². The fourth-order valence-corrected chi connectivity index (χ4v) is 2.46. The second-order valence-electron chi connectivity index (χ2n) is 6.79. The lowest BCUT2D eigenvalue weighted by molar-refractivity contribution is 0.370. The van der Waals surface area contributed by atoms with Crippen molar-refractivity contribution in [1.82, 2.24) is 4.98 Å². The zero-order chi connectivity index (χ0) is 15.5. The highest BCUT2D eigenvalue weighted by atomic mass is 16.5. The Morgan fingerprint density at radius 3 is 2.67 bits per heavy atom. The number of anilines is 1. The number of hydrogen-bond donors (Lipinski definition) is 1. The molecule has 114 valence electrons. The van der Waals surface area contributed by atoms with Crippen LogP contribution in [0.5, 0.6) is 5.75 Å². The number of methoxy groups -OCH3 is 1. The molecule has 0 aliphatic carbocycles. The number of benzene rings is 1. The molecule has 3 nitrogen and oxygen atoms in total. The van der Waals surface area contributed by atoms with E-state index in [9.17, 15) is 0 Å². The van der Waals surface area contributed by atoms with Gasteiger partial charge >= 0.3 is 0 Å². The van der Waals surface area contributed by atoms with Crippen LogP contribution in [0.3, 0.4) is 0 Å². The van der Waals surface area contributed by atoms with Gasteiger partial charge in [0.15, 0.2) is 0 Å². The van der Waals surface area contributed by atoms with Gasteiger partial charge < -0.3 is 10.1 Å². The van der Waals surface area contributed by atoms with Crippen molar-refractivity contribution in [3.8, 4) is 5.75 Å². The van der Waals surface area contributed by atoms with Crippen LogP contribution in [-0.4, -0.2) is 18.6 Å². The molecule has 0 aliphatic heterocycles. The van der Waals surface area contributed by atoms with Crippen LogP contribution in [0.2, 0.25) is 0 Å². The predicted octanol–water partition coefficient (Wildman–Crippen LogP) is 4.79. The first-order chi connectivity index (χ1) is 9.90. The lowest BCUT2D eigenvalue weighted by Crippen LogP contribution is -2.09. The molecule has 21 heavy (non-hydrogen) atoms. The van der Waals surface area contributed by atoms with Gasteiger partial charge in [0.25, 0.3) is 0 Å². The molecule has 1 aromatic carbocycles. The number of nitrogens with zero attached hydrogens (tertiary/aromatic N) is 1.